The van der Waals surface area contributed by atoms with E-state index in [2.05, 4.69) is 20.5 Å². The molecular weight excluding hydrogens is 320 g/mol. The molecule has 3 rings (SSSR count). The highest BCUT2D eigenvalue weighted by Crippen LogP contribution is 2.15. The Balaban J connectivity index is 1.84. The number of carbonyl (C=O) groups is 1. The maximum Gasteiger partial charge on any atom is 0.336 e. The predicted octanol–water partition coefficient (Wildman–Crippen LogP) is 2.58. The molecule has 1 aromatic heterocycles. The van der Waals surface area contributed by atoms with E-state index in [1.807, 2.05) is 30.3 Å². The Hall–Kier alpha value is -3.74. The van der Waals surface area contributed by atoms with Gasteiger partial charge in [-0.3, -0.25) is 9.78 Å². The first kappa shape index (κ1) is 16.1. The molecule has 124 valence electrons. The van der Waals surface area contributed by atoms with Gasteiger partial charge in [0.15, 0.2) is 0 Å². The van der Waals surface area contributed by atoms with Crippen LogP contribution in [0.4, 0.5) is 5.95 Å². The lowest BCUT2D eigenvalue weighted by atomic mass is 10.1. The average molecular weight is 334 g/mol. The molecule has 0 aliphatic carbocycles. The zero-order valence-corrected chi connectivity index (χ0v) is 13.0. The fourth-order valence-corrected chi connectivity index (χ4v) is 2.23. The molecule has 2 aromatic carbocycles. The molecule has 0 radical (unpaired) electrons. The number of H-pyrrole nitrogens is 1. The van der Waals surface area contributed by atoms with Gasteiger partial charge in [-0.1, -0.05) is 48.5 Å². The van der Waals surface area contributed by atoms with Crippen molar-refractivity contribution < 1.29 is 9.90 Å². The normalized spacial score (nSPS) is 10.7. The average Bonchev–Trinajstić information content (AvgIpc) is 2.62. The number of aromatic carboxylic acids is 1. The van der Waals surface area contributed by atoms with Gasteiger partial charge in [-0.2, -0.15) is 5.10 Å². The minimum atomic E-state index is -1.04. The Bertz CT molecular complexity index is 981. The van der Waals surface area contributed by atoms with E-state index >= 15 is 0 Å². The second-order valence-electron chi connectivity index (χ2n) is 5.11. The molecule has 0 amide bonds. The van der Waals surface area contributed by atoms with Crippen molar-refractivity contribution in [2.75, 3.05) is 5.43 Å². The van der Waals surface area contributed by atoms with Crippen LogP contribution in [-0.4, -0.2) is 27.3 Å². The first-order valence-corrected chi connectivity index (χ1v) is 7.41. The summed E-state index contributed by atoms with van der Waals surface area (Å²) in [4.78, 5) is 29.8. The van der Waals surface area contributed by atoms with Gasteiger partial charge in [-0.25, -0.2) is 15.2 Å². The van der Waals surface area contributed by atoms with Crippen molar-refractivity contribution in [3.05, 3.63) is 82.1 Å². The number of benzene rings is 2. The van der Waals surface area contributed by atoms with Crippen molar-refractivity contribution in [1.29, 1.82) is 0 Å². The smallest absolute Gasteiger partial charge is 0.336 e. The van der Waals surface area contributed by atoms with Gasteiger partial charge in [0.1, 0.15) is 0 Å². The lowest BCUT2D eigenvalue weighted by molar-refractivity contribution is 0.0697. The highest BCUT2D eigenvalue weighted by atomic mass is 16.4. The summed E-state index contributed by atoms with van der Waals surface area (Å²) in [6.45, 7) is 0. The van der Waals surface area contributed by atoms with Gasteiger partial charge < -0.3 is 5.11 Å². The second-order valence-corrected chi connectivity index (χ2v) is 5.11. The third kappa shape index (κ3) is 3.97. The van der Waals surface area contributed by atoms with Gasteiger partial charge in [-0.05, 0) is 6.07 Å². The molecule has 1 heterocycles. The number of carboxylic acids is 1. The monoisotopic (exact) mass is 334 g/mol. The van der Waals surface area contributed by atoms with E-state index in [9.17, 15) is 9.59 Å². The molecular formula is C18H14N4O3. The molecule has 0 atom stereocenters. The lowest BCUT2D eigenvalue weighted by Gasteiger charge is -2.04. The van der Waals surface area contributed by atoms with Crippen molar-refractivity contribution in [3.63, 3.8) is 0 Å². The van der Waals surface area contributed by atoms with Gasteiger partial charge >= 0.3 is 5.97 Å². The van der Waals surface area contributed by atoms with Crippen LogP contribution < -0.4 is 11.0 Å². The van der Waals surface area contributed by atoms with Gasteiger partial charge in [-0.15, -0.1) is 0 Å². The van der Waals surface area contributed by atoms with Gasteiger partial charge in [0.2, 0.25) is 5.95 Å². The highest BCUT2D eigenvalue weighted by Gasteiger charge is 2.07. The summed E-state index contributed by atoms with van der Waals surface area (Å²) in [7, 11) is 0. The maximum atomic E-state index is 11.8. The van der Waals surface area contributed by atoms with Crippen molar-refractivity contribution >= 4 is 18.1 Å². The number of aromatic amines is 1. The standard InChI is InChI=1S/C18H14N4O3/c23-16-10-15(12-6-2-1-3-7-12)20-18(21-16)22-19-11-13-8-4-5-9-14(13)17(24)25/h1-11H,(H,24,25)(H2,20,21,22,23)/b19-11-. The molecule has 3 aromatic rings. The number of nitrogens with zero attached hydrogens (tertiary/aromatic N) is 2. The number of anilines is 1. The molecule has 3 N–H and O–H groups in total. The molecule has 7 nitrogen and oxygen atoms in total. The van der Waals surface area contributed by atoms with E-state index in [1.54, 1.807) is 18.2 Å². The summed E-state index contributed by atoms with van der Waals surface area (Å²) in [5.74, 6) is -0.880. The zero-order chi connectivity index (χ0) is 17.6. The first-order valence-electron chi connectivity index (χ1n) is 7.41. The summed E-state index contributed by atoms with van der Waals surface area (Å²) in [5, 5.41) is 13.1. The number of carboxylic acid groups (broad SMARTS) is 1. The third-order valence-corrected chi connectivity index (χ3v) is 3.38. The van der Waals surface area contributed by atoms with Crippen molar-refractivity contribution in [1.82, 2.24) is 9.97 Å². The SMILES string of the molecule is O=C(O)c1ccccc1/C=N\Nc1nc(-c2ccccc2)cc(=O)[nH]1. The third-order valence-electron chi connectivity index (χ3n) is 3.38. The van der Waals surface area contributed by atoms with Crippen LogP contribution >= 0.6 is 0 Å². The molecule has 0 fully saturated rings. The van der Waals surface area contributed by atoms with Crippen molar-refractivity contribution in [2.24, 2.45) is 5.10 Å². The van der Waals surface area contributed by atoms with E-state index in [1.165, 1.54) is 18.3 Å². The number of nitrogens with one attached hydrogen (secondary N) is 2. The Kier molecular flexibility index (Phi) is 4.66. The lowest BCUT2D eigenvalue weighted by Crippen LogP contribution is -2.10. The number of hydrogen-bond donors (Lipinski definition) is 3. The van der Waals surface area contributed by atoms with Crippen LogP contribution in [0, 0.1) is 0 Å². The molecule has 0 bridgehead atoms. The van der Waals surface area contributed by atoms with Gasteiger partial charge in [0.05, 0.1) is 17.5 Å². The highest BCUT2D eigenvalue weighted by molar-refractivity contribution is 5.98. The quantitative estimate of drug-likeness (QED) is 0.491. The van der Waals surface area contributed by atoms with Crippen LogP contribution in [-0.2, 0) is 0 Å². The summed E-state index contributed by atoms with van der Waals surface area (Å²) < 4.78 is 0. The fourth-order valence-electron chi connectivity index (χ4n) is 2.23. The van der Waals surface area contributed by atoms with E-state index < -0.39 is 5.97 Å². The van der Waals surface area contributed by atoms with Crippen LogP contribution in [0.2, 0.25) is 0 Å². The van der Waals surface area contributed by atoms with E-state index in [4.69, 9.17) is 5.11 Å². The minimum absolute atomic E-state index is 0.132. The Morgan fingerprint density at radius 3 is 2.60 bits per heavy atom. The van der Waals surface area contributed by atoms with Gasteiger partial charge in [0, 0.05) is 17.2 Å². The summed E-state index contributed by atoms with van der Waals surface area (Å²) in [6, 6.07) is 17.1. The fraction of sp³-hybridized carbons (Fsp3) is 0. The Labute approximate surface area is 142 Å². The van der Waals surface area contributed by atoms with Crippen LogP contribution in [0.5, 0.6) is 0 Å². The predicted molar refractivity (Wildman–Crippen MR) is 94.9 cm³/mol. The molecule has 0 unspecified atom stereocenters. The number of hydrazone groups is 1. The number of rotatable bonds is 5. The molecule has 25 heavy (non-hydrogen) atoms. The minimum Gasteiger partial charge on any atom is -0.478 e. The summed E-state index contributed by atoms with van der Waals surface area (Å²) >= 11 is 0. The van der Waals surface area contributed by atoms with Crippen LogP contribution in [0.15, 0.2) is 70.6 Å². The first-order chi connectivity index (χ1) is 12.1. The van der Waals surface area contributed by atoms with E-state index in [-0.39, 0.29) is 17.1 Å². The molecule has 7 heteroatoms. The van der Waals surface area contributed by atoms with Crippen LogP contribution in [0.3, 0.4) is 0 Å². The zero-order valence-electron chi connectivity index (χ0n) is 13.0. The molecule has 0 spiro atoms. The topological polar surface area (TPSA) is 107 Å². The van der Waals surface area contributed by atoms with Crippen molar-refractivity contribution in [3.8, 4) is 11.3 Å². The Morgan fingerprint density at radius 1 is 1.12 bits per heavy atom. The van der Waals surface area contributed by atoms with Crippen LogP contribution in [0.25, 0.3) is 11.3 Å². The number of hydrogen-bond acceptors (Lipinski definition) is 5. The van der Waals surface area contributed by atoms with Gasteiger partial charge in [0.25, 0.3) is 5.56 Å². The van der Waals surface area contributed by atoms with Crippen molar-refractivity contribution in [2.45, 2.75) is 0 Å². The van der Waals surface area contributed by atoms with Crippen LogP contribution in [0.1, 0.15) is 15.9 Å². The molecule has 0 saturated heterocycles. The molecule has 0 aliphatic rings. The summed E-state index contributed by atoms with van der Waals surface area (Å²) in [6.07, 6.45) is 1.36. The molecule has 0 saturated carbocycles. The van der Waals surface area contributed by atoms with E-state index in [0.29, 0.717) is 11.3 Å². The largest absolute Gasteiger partial charge is 0.478 e. The maximum absolute atomic E-state index is 11.8. The molecule has 0 aliphatic heterocycles. The summed E-state index contributed by atoms with van der Waals surface area (Å²) in [5.41, 5.74) is 4.17. The van der Waals surface area contributed by atoms with E-state index in [0.717, 1.165) is 5.56 Å². The Morgan fingerprint density at radius 2 is 1.84 bits per heavy atom. The number of aromatic nitrogens is 2. The second kappa shape index (κ2) is 7.22.